The summed E-state index contributed by atoms with van der Waals surface area (Å²) in [6, 6.07) is 9.30. The average molecular weight is 210 g/mol. The fourth-order valence-corrected chi connectivity index (χ4v) is 0.947. The first kappa shape index (κ1) is 11.5. The van der Waals surface area contributed by atoms with Crippen LogP contribution in [0.15, 0.2) is 30.3 Å². The third-order valence-corrected chi connectivity index (χ3v) is 1.64. The Bertz CT molecular complexity index is 295. The van der Waals surface area contributed by atoms with Crippen molar-refractivity contribution in [3.05, 3.63) is 35.9 Å². The fraction of sp³-hybridized carbons (Fsp3) is 0.364. The van der Waals surface area contributed by atoms with Gasteiger partial charge in [-0.2, -0.15) is 0 Å². The van der Waals surface area contributed by atoms with Crippen LogP contribution in [0.5, 0.6) is 0 Å². The van der Waals surface area contributed by atoms with Crippen molar-refractivity contribution in [2.45, 2.75) is 19.6 Å². The Morgan fingerprint density at radius 1 is 1.33 bits per heavy atom. The molecule has 1 N–H and O–H groups in total. The summed E-state index contributed by atoms with van der Waals surface area (Å²) in [6.45, 7) is 1.66. The molecule has 4 heteroatoms. The lowest BCUT2D eigenvalue weighted by Crippen LogP contribution is -2.16. The molecule has 1 atom stereocenters. The van der Waals surface area contributed by atoms with Crippen molar-refractivity contribution >= 4 is 6.16 Å². The highest BCUT2D eigenvalue weighted by Gasteiger charge is 2.05. The molecule has 0 fully saturated rings. The Morgan fingerprint density at radius 2 is 2.00 bits per heavy atom. The number of hydrogen-bond donors (Lipinski definition) is 1. The second-order valence-corrected chi connectivity index (χ2v) is 3.18. The number of aliphatic hydroxyl groups is 1. The molecule has 0 amide bonds. The van der Waals surface area contributed by atoms with E-state index in [2.05, 4.69) is 4.74 Å². The average Bonchev–Trinajstić information content (AvgIpc) is 2.25. The van der Waals surface area contributed by atoms with E-state index in [1.54, 1.807) is 0 Å². The van der Waals surface area contributed by atoms with Crippen LogP contribution in [-0.4, -0.2) is 24.0 Å². The number of carbonyl (C=O) groups excluding carboxylic acids is 1. The summed E-state index contributed by atoms with van der Waals surface area (Å²) in [5.41, 5.74) is 0.895. The SMILES string of the molecule is CC(O)COC(=O)OCc1ccccc1. The van der Waals surface area contributed by atoms with E-state index in [1.165, 1.54) is 6.92 Å². The molecular weight excluding hydrogens is 196 g/mol. The van der Waals surface area contributed by atoms with Gasteiger partial charge < -0.3 is 14.6 Å². The van der Waals surface area contributed by atoms with Gasteiger partial charge in [-0.1, -0.05) is 30.3 Å². The van der Waals surface area contributed by atoms with Crippen molar-refractivity contribution in [3.8, 4) is 0 Å². The van der Waals surface area contributed by atoms with Gasteiger partial charge in [-0.3, -0.25) is 0 Å². The summed E-state index contributed by atoms with van der Waals surface area (Å²) < 4.78 is 9.42. The highest BCUT2D eigenvalue weighted by molar-refractivity contribution is 5.59. The Balaban J connectivity index is 2.23. The second kappa shape index (κ2) is 6.03. The van der Waals surface area contributed by atoms with Crippen LogP contribution in [0.4, 0.5) is 4.79 Å². The number of benzene rings is 1. The zero-order valence-electron chi connectivity index (χ0n) is 8.55. The Kier molecular flexibility index (Phi) is 4.63. The van der Waals surface area contributed by atoms with E-state index in [0.29, 0.717) is 0 Å². The molecule has 1 unspecified atom stereocenters. The number of rotatable bonds is 4. The van der Waals surface area contributed by atoms with E-state index in [0.717, 1.165) is 5.56 Å². The van der Waals surface area contributed by atoms with Crippen LogP contribution in [0.3, 0.4) is 0 Å². The predicted molar refractivity (Wildman–Crippen MR) is 54.3 cm³/mol. The van der Waals surface area contributed by atoms with Crippen LogP contribution in [0.2, 0.25) is 0 Å². The van der Waals surface area contributed by atoms with E-state index in [-0.39, 0.29) is 13.2 Å². The molecule has 0 bridgehead atoms. The first-order chi connectivity index (χ1) is 7.18. The molecule has 0 spiro atoms. The van der Waals surface area contributed by atoms with E-state index in [4.69, 9.17) is 9.84 Å². The normalized spacial score (nSPS) is 11.9. The lowest BCUT2D eigenvalue weighted by atomic mass is 10.2. The van der Waals surface area contributed by atoms with Gasteiger partial charge in [-0.25, -0.2) is 4.79 Å². The van der Waals surface area contributed by atoms with Gasteiger partial charge >= 0.3 is 6.16 Å². The predicted octanol–water partition coefficient (Wildman–Crippen LogP) is 1.72. The topological polar surface area (TPSA) is 55.8 Å². The molecule has 1 rings (SSSR count). The molecule has 15 heavy (non-hydrogen) atoms. The van der Waals surface area contributed by atoms with E-state index in [1.807, 2.05) is 30.3 Å². The smallest absolute Gasteiger partial charge is 0.432 e. The molecule has 0 aliphatic rings. The lowest BCUT2D eigenvalue weighted by molar-refractivity contribution is 0.0201. The number of hydrogen-bond acceptors (Lipinski definition) is 4. The van der Waals surface area contributed by atoms with Crippen LogP contribution >= 0.6 is 0 Å². The zero-order chi connectivity index (χ0) is 11.1. The molecule has 82 valence electrons. The quantitative estimate of drug-likeness (QED) is 0.769. The third-order valence-electron chi connectivity index (χ3n) is 1.64. The van der Waals surface area contributed by atoms with Crippen molar-refractivity contribution in [1.29, 1.82) is 0 Å². The van der Waals surface area contributed by atoms with Crippen LogP contribution in [0.1, 0.15) is 12.5 Å². The second-order valence-electron chi connectivity index (χ2n) is 3.18. The fourth-order valence-electron chi connectivity index (χ4n) is 0.947. The molecule has 1 aromatic carbocycles. The number of ether oxygens (including phenoxy) is 2. The van der Waals surface area contributed by atoms with Crippen LogP contribution < -0.4 is 0 Å². The van der Waals surface area contributed by atoms with Gasteiger partial charge in [0.2, 0.25) is 0 Å². The first-order valence-corrected chi connectivity index (χ1v) is 4.70. The summed E-state index contributed by atoms with van der Waals surface area (Å²) >= 11 is 0. The molecule has 0 aromatic heterocycles. The minimum absolute atomic E-state index is 0.0480. The van der Waals surface area contributed by atoms with Gasteiger partial charge in [0.25, 0.3) is 0 Å². The van der Waals surface area contributed by atoms with Crippen molar-refractivity contribution in [2.75, 3.05) is 6.61 Å². The summed E-state index contributed by atoms with van der Waals surface area (Å²) in [6.07, 6.45) is -1.44. The highest BCUT2D eigenvalue weighted by Crippen LogP contribution is 2.01. The van der Waals surface area contributed by atoms with E-state index < -0.39 is 12.3 Å². The summed E-state index contributed by atoms with van der Waals surface area (Å²) in [4.78, 5) is 11.0. The molecule has 4 nitrogen and oxygen atoms in total. The monoisotopic (exact) mass is 210 g/mol. The minimum atomic E-state index is -0.764. The van der Waals surface area contributed by atoms with E-state index in [9.17, 15) is 4.79 Å². The Labute approximate surface area is 88.4 Å². The van der Waals surface area contributed by atoms with Gasteiger partial charge in [-0.15, -0.1) is 0 Å². The van der Waals surface area contributed by atoms with Gasteiger partial charge in [-0.05, 0) is 12.5 Å². The van der Waals surface area contributed by atoms with Gasteiger partial charge in [0, 0.05) is 0 Å². The molecular formula is C11H14O4. The van der Waals surface area contributed by atoms with Gasteiger partial charge in [0.1, 0.15) is 13.2 Å². The number of aliphatic hydroxyl groups excluding tert-OH is 1. The largest absolute Gasteiger partial charge is 0.508 e. The third kappa shape index (κ3) is 5.02. The summed E-state index contributed by atoms with van der Waals surface area (Å²) in [7, 11) is 0. The van der Waals surface area contributed by atoms with Crippen molar-refractivity contribution < 1.29 is 19.4 Å². The summed E-state index contributed by atoms with van der Waals surface area (Å²) in [5, 5.41) is 8.85. The maximum atomic E-state index is 11.0. The first-order valence-electron chi connectivity index (χ1n) is 4.70. The van der Waals surface area contributed by atoms with Gasteiger partial charge in [0.05, 0.1) is 6.10 Å². The maximum absolute atomic E-state index is 11.0. The number of carbonyl (C=O) groups is 1. The molecule has 0 aliphatic carbocycles. The highest BCUT2D eigenvalue weighted by atomic mass is 16.7. The standard InChI is InChI=1S/C11H14O4/c1-9(12)7-14-11(13)15-8-10-5-3-2-4-6-10/h2-6,9,12H,7-8H2,1H3. The molecule has 0 saturated heterocycles. The van der Waals surface area contributed by atoms with Crippen LogP contribution in [0.25, 0.3) is 0 Å². The molecule has 0 heterocycles. The zero-order valence-corrected chi connectivity index (χ0v) is 8.55. The van der Waals surface area contributed by atoms with E-state index >= 15 is 0 Å². The lowest BCUT2D eigenvalue weighted by Gasteiger charge is -2.07. The van der Waals surface area contributed by atoms with Crippen molar-refractivity contribution in [3.63, 3.8) is 0 Å². The molecule has 0 saturated carbocycles. The minimum Gasteiger partial charge on any atom is -0.432 e. The molecule has 0 radical (unpaired) electrons. The summed E-state index contributed by atoms with van der Waals surface area (Å²) in [5.74, 6) is 0. The Hall–Kier alpha value is -1.55. The molecule has 0 aliphatic heterocycles. The van der Waals surface area contributed by atoms with Gasteiger partial charge in [0.15, 0.2) is 0 Å². The maximum Gasteiger partial charge on any atom is 0.508 e. The molecule has 1 aromatic rings. The van der Waals surface area contributed by atoms with Crippen LogP contribution in [-0.2, 0) is 16.1 Å². The van der Waals surface area contributed by atoms with Crippen molar-refractivity contribution in [1.82, 2.24) is 0 Å². The van der Waals surface area contributed by atoms with Crippen LogP contribution in [0, 0.1) is 0 Å². The van der Waals surface area contributed by atoms with Crippen molar-refractivity contribution in [2.24, 2.45) is 0 Å². The Morgan fingerprint density at radius 3 is 2.60 bits per heavy atom.